The molecule has 1 aromatic heterocycles. The Bertz CT molecular complexity index is 648. The second-order valence-corrected chi connectivity index (χ2v) is 4.11. The SMILES string of the molecule is Nc1ccc(Oc2ccc3nsnc3c2)cc1. The van der Waals surface area contributed by atoms with Crippen molar-refractivity contribution in [1.82, 2.24) is 8.75 Å². The van der Waals surface area contributed by atoms with E-state index < -0.39 is 0 Å². The Kier molecular flexibility index (Phi) is 2.38. The van der Waals surface area contributed by atoms with Gasteiger partial charge in [-0.2, -0.15) is 8.75 Å². The third-order valence-corrected chi connectivity index (χ3v) is 2.90. The van der Waals surface area contributed by atoms with E-state index in [0.717, 1.165) is 28.2 Å². The maximum atomic E-state index is 5.69. The topological polar surface area (TPSA) is 61.0 Å². The largest absolute Gasteiger partial charge is 0.457 e. The van der Waals surface area contributed by atoms with Crippen LogP contribution in [0.2, 0.25) is 0 Å². The molecule has 2 aromatic carbocycles. The molecule has 0 amide bonds. The fraction of sp³-hybridized carbons (Fsp3) is 0. The molecule has 2 N–H and O–H groups in total. The molecule has 0 aliphatic carbocycles. The average Bonchev–Trinajstić information content (AvgIpc) is 2.79. The molecule has 0 saturated heterocycles. The molecule has 84 valence electrons. The Morgan fingerprint density at radius 1 is 0.882 bits per heavy atom. The summed E-state index contributed by atoms with van der Waals surface area (Å²) in [7, 11) is 0. The number of benzene rings is 2. The summed E-state index contributed by atoms with van der Waals surface area (Å²) >= 11 is 1.20. The van der Waals surface area contributed by atoms with E-state index in [4.69, 9.17) is 10.5 Å². The third kappa shape index (κ3) is 2.05. The summed E-state index contributed by atoms with van der Waals surface area (Å²) in [6.07, 6.45) is 0. The van der Waals surface area contributed by atoms with Crippen molar-refractivity contribution in [1.29, 1.82) is 0 Å². The molecule has 0 aliphatic rings. The van der Waals surface area contributed by atoms with Crippen molar-refractivity contribution in [2.45, 2.75) is 0 Å². The van der Waals surface area contributed by atoms with Gasteiger partial charge in [0.15, 0.2) is 0 Å². The number of hydrogen-bond donors (Lipinski definition) is 1. The summed E-state index contributed by atoms with van der Waals surface area (Å²) < 4.78 is 14.0. The van der Waals surface area contributed by atoms with Crippen LogP contribution in [0, 0.1) is 0 Å². The number of anilines is 1. The molecule has 0 radical (unpaired) electrons. The second kappa shape index (κ2) is 4.03. The molecular weight excluding hydrogens is 234 g/mol. The number of ether oxygens (including phenoxy) is 1. The van der Waals surface area contributed by atoms with Crippen LogP contribution >= 0.6 is 11.7 Å². The maximum absolute atomic E-state index is 5.69. The number of hydrogen-bond acceptors (Lipinski definition) is 5. The zero-order chi connectivity index (χ0) is 11.7. The molecule has 0 spiro atoms. The van der Waals surface area contributed by atoms with E-state index in [2.05, 4.69) is 8.75 Å². The highest BCUT2D eigenvalue weighted by atomic mass is 32.1. The number of nitrogens with two attached hydrogens (primary N) is 1. The van der Waals surface area contributed by atoms with Gasteiger partial charge < -0.3 is 10.5 Å². The van der Waals surface area contributed by atoms with E-state index in [9.17, 15) is 0 Å². The monoisotopic (exact) mass is 243 g/mol. The molecule has 0 atom stereocenters. The highest BCUT2D eigenvalue weighted by Gasteiger charge is 2.02. The molecule has 17 heavy (non-hydrogen) atoms. The molecule has 3 rings (SSSR count). The van der Waals surface area contributed by atoms with Crippen molar-refractivity contribution in [2.75, 3.05) is 5.73 Å². The molecule has 0 saturated carbocycles. The zero-order valence-corrected chi connectivity index (χ0v) is 9.65. The Balaban J connectivity index is 1.91. The Labute approximate surface area is 102 Å². The van der Waals surface area contributed by atoms with Gasteiger partial charge in [0.25, 0.3) is 0 Å². The number of rotatable bonds is 2. The summed E-state index contributed by atoms with van der Waals surface area (Å²) in [4.78, 5) is 0. The Morgan fingerprint density at radius 3 is 2.41 bits per heavy atom. The van der Waals surface area contributed by atoms with E-state index in [-0.39, 0.29) is 0 Å². The quantitative estimate of drug-likeness (QED) is 0.703. The first-order chi connectivity index (χ1) is 8.31. The molecule has 0 unspecified atom stereocenters. The van der Waals surface area contributed by atoms with E-state index in [1.165, 1.54) is 11.7 Å². The van der Waals surface area contributed by atoms with E-state index in [1.54, 1.807) is 12.1 Å². The first-order valence-electron chi connectivity index (χ1n) is 5.07. The fourth-order valence-electron chi connectivity index (χ4n) is 1.50. The van der Waals surface area contributed by atoms with Crippen LogP contribution in [0.4, 0.5) is 5.69 Å². The minimum absolute atomic E-state index is 0.719. The highest BCUT2D eigenvalue weighted by molar-refractivity contribution is 7.00. The van der Waals surface area contributed by atoms with Gasteiger partial charge in [0.05, 0.1) is 11.7 Å². The van der Waals surface area contributed by atoms with Crippen LogP contribution in [0.5, 0.6) is 11.5 Å². The van der Waals surface area contributed by atoms with Gasteiger partial charge in [0.1, 0.15) is 22.5 Å². The predicted octanol–water partition coefficient (Wildman–Crippen LogP) is 3.07. The van der Waals surface area contributed by atoms with Crippen molar-refractivity contribution in [2.24, 2.45) is 0 Å². The standard InChI is InChI=1S/C12H9N3OS/c13-8-1-3-9(4-2-8)16-10-5-6-11-12(7-10)15-17-14-11/h1-7H,13H2. The third-order valence-electron chi connectivity index (χ3n) is 2.34. The predicted molar refractivity (Wildman–Crippen MR) is 68.3 cm³/mol. The molecule has 1 heterocycles. The Hall–Kier alpha value is -2.14. The summed E-state index contributed by atoms with van der Waals surface area (Å²) in [5, 5.41) is 0. The second-order valence-electron chi connectivity index (χ2n) is 3.59. The van der Waals surface area contributed by atoms with Crippen LogP contribution < -0.4 is 10.5 Å². The molecular formula is C12H9N3OS. The van der Waals surface area contributed by atoms with Crippen LogP contribution in [0.25, 0.3) is 11.0 Å². The number of nitrogens with zero attached hydrogens (tertiary/aromatic N) is 2. The van der Waals surface area contributed by atoms with Crippen LogP contribution in [0.15, 0.2) is 42.5 Å². The van der Waals surface area contributed by atoms with Gasteiger partial charge in [-0.15, -0.1) is 0 Å². The van der Waals surface area contributed by atoms with Crippen LogP contribution in [0.1, 0.15) is 0 Å². The lowest BCUT2D eigenvalue weighted by Crippen LogP contribution is -1.86. The molecule has 3 aromatic rings. The number of nitrogen functional groups attached to an aromatic ring is 1. The number of fused-ring (bicyclic) bond motifs is 1. The number of aromatic nitrogens is 2. The lowest BCUT2D eigenvalue weighted by atomic mass is 10.3. The Morgan fingerprint density at radius 2 is 1.59 bits per heavy atom. The van der Waals surface area contributed by atoms with Crippen molar-refractivity contribution >= 4 is 28.4 Å². The van der Waals surface area contributed by atoms with Gasteiger partial charge in [-0.3, -0.25) is 0 Å². The molecule has 4 nitrogen and oxygen atoms in total. The van der Waals surface area contributed by atoms with Gasteiger partial charge in [-0.1, -0.05) is 0 Å². The first kappa shape index (κ1) is 10.0. The molecule has 5 heteroatoms. The normalized spacial score (nSPS) is 10.6. The minimum atomic E-state index is 0.719. The first-order valence-corrected chi connectivity index (χ1v) is 5.80. The fourth-order valence-corrected chi connectivity index (χ4v) is 2.01. The van der Waals surface area contributed by atoms with Crippen molar-refractivity contribution < 1.29 is 4.74 Å². The van der Waals surface area contributed by atoms with Crippen molar-refractivity contribution in [3.63, 3.8) is 0 Å². The smallest absolute Gasteiger partial charge is 0.129 e. The summed E-state index contributed by atoms with van der Waals surface area (Å²) in [5.74, 6) is 1.50. The van der Waals surface area contributed by atoms with E-state index in [1.807, 2.05) is 30.3 Å². The van der Waals surface area contributed by atoms with E-state index >= 15 is 0 Å². The molecule has 0 bridgehead atoms. The van der Waals surface area contributed by atoms with Gasteiger partial charge >= 0.3 is 0 Å². The summed E-state index contributed by atoms with van der Waals surface area (Å²) in [5.41, 5.74) is 8.07. The average molecular weight is 243 g/mol. The van der Waals surface area contributed by atoms with Crippen LogP contribution in [0.3, 0.4) is 0 Å². The summed E-state index contributed by atoms with van der Waals surface area (Å²) in [6.45, 7) is 0. The van der Waals surface area contributed by atoms with Crippen molar-refractivity contribution in [3.05, 3.63) is 42.5 Å². The highest BCUT2D eigenvalue weighted by Crippen LogP contribution is 2.25. The molecule has 0 fully saturated rings. The summed E-state index contributed by atoms with van der Waals surface area (Å²) in [6, 6.07) is 12.9. The van der Waals surface area contributed by atoms with Gasteiger partial charge in [-0.05, 0) is 36.4 Å². The zero-order valence-electron chi connectivity index (χ0n) is 8.83. The molecule has 0 aliphatic heterocycles. The maximum Gasteiger partial charge on any atom is 0.129 e. The van der Waals surface area contributed by atoms with Gasteiger partial charge in [0.2, 0.25) is 0 Å². The van der Waals surface area contributed by atoms with E-state index in [0.29, 0.717) is 0 Å². The van der Waals surface area contributed by atoms with Gasteiger partial charge in [-0.25, -0.2) is 0 Å². The van der Waals surface area contributed by atoms with Crippen molar-refractivity contribution in [3.8, 4) is 11.5 Å². The van der Waals surface area contributed by atoms with Gasteiger partial charge in [0, 0.05) is 11.8 Å². The van der Waals surface area contributed by atoms with Crippen LogP contribution in [-0.2, 0) is 0 Å². The minimum Gasteiger partial charge on any atom is -0.457 e. The lowest BCUT2D eigenvalue weighted by Gasteiger charge is -2.05. The lowest BCUT2D eigenvalue weighted by molar-refractivity contribution is 0.483. The van der Waals surface area contributed by atoms with Crippen LogP contribution in [-0.4, -0.2) is 8.75 Å².